The molecule has 3 unspecified atom stereocenters. The predicted octanol–water partition coefficient (Wildman–Crippen LogP) is 3.15. The Hall–Kier alpha value is -1.10. The van der Waals surface area contributed by atoms with E-state index in [1.165, 1.54) is 31.2 Å². The van der Waals surface area contributed by atoms with Gasteiger partial charge in [-0.1, -0.05) is 51.7 Å². The molecule has 0 saturated carbocycles. The molecule has 0 spiro atoms. The summed E-state index contributed by atoms with van der Waals surface area (Å²) >= 11 is 0. The summed E-state index contributed by atoms with van der Waals surface area (Å²) < 4.78 is 5.82. The Labute approximate surface area is 134 Å². The van der Waals surface area contributed by atoms with E-state index in [4.69, 9.17) is 10.5 Å². The first kappa shape index (κ1) is 17.3. The second kappa shape index (κ2) is 9.13. The van der Waals surface area contributed by atoms with Crippen molar-refractivity contribution in [2.75, 3.05) is 13.2 Å². The number of hydrazine groups is 1. The summed E-state index contributed by atoms with van der Waals surface area (Å²) in [5.74, 6) is 1.45. The Balaban J connectivity index is 1.76. The summed E-state index contributed by atoms with van der Waals surface area (Å²) in [6, 6.07) is 9.11. The number of rotatable bonds is 9. The average molecular weight is 305 g/mol. The van der Waals surface area contributed by atoms with E-state index in [2.05, 4.69) is 49.0 Å². The van der Waals surface area contributed by atoms with E-state index >= 15 is 0 Å². The number of benzene rings is 1. The maximum absolute atomic E-state index is 5.82. The van der Waals surface area contributed by atoms with E-state index in [1.807, 2.05) is 0 Å². The van der Waals surface area contributed by atoms with Crippen LogP contribution < -0.4 is 21.3 Å². The van der Waals surface area contributed by atoms with E-state index in [-0.39, 0.29) is 0 Å². The molecular formula is C18H31N3O. The number of nitrogens with one attached hydrogen (secondary N) is 2. The lowest BCUT2D eigenvalue weighted by molar-refractivity contribution is 0.304. The van der Waals surface area contributed by atoms with Gasteiger partial charge in [-0.05, 0) is 30.0 Å². The third-order valence-corrected chi connectivity index (χ3v) is 4.59. The molecule has 1 aliphatic heterocycles. The normalized spacial score (nSPS) is 24.6. The molecule has 4 nitrogen and oxygen atoms in total. The molecule has 0 amide bonds. The van der Waals surface area contributed by atoms with E-state index in [9.17, 15) is 0 Å². The number of hydrogen-bond donors (Lipinski definition) is 3. The van der Waals surface area contributed by atoms with Crippen molar-refractivity contribution >= 4 is 0 Å². The summed E-state index contributed by atoms with van der Waals surface area (Å²) in [6.45, 7) is 5.95. The van der Waals surface area contributed by atoms with Gasteiger partial charge in [0.2, 0.25) is 0 Å². The van der Waals surface area contributed by atoms with Crippen LogP contribution in [0.15, 0.2) is 24.3 Å². The van der Waals surface area contributed by atoms with Crippen LogP contribution >= 0.6 is 0 Å². The molecule has 1 aromatic carbocycles. The fourth-order valence-electron chi connectivity index (χ4n) is 3.02. The summed E-state index contributed by atoms with van der Waals surface area (Å²) in [7, 11) is 0. The number of nitrogens with two attached hydrogens (primary N) is 1. The molecule has 4 N–H and O–H groups in total. The van der Waals surface area contributed by atoms with Gasteiger partial charge in [-0.15, -0.1) is 0 Å². The molecule has 1 aromatic rings. The molecule has 0 aliphatic carbocycles. The van der Waals surface area contributed by atoms with E-state index < -0.39 is 0 Å². The fraction of sp³-hybridized carbons (Fsp3) is 0.667. The molecule has 0 bridgehead atoms. The fourth-order valence-corrected chi connectivity index (χ4v) is 3.02. The van der Waals surface area contributed by atoms with Crippen molar-refractivity contribution in [3.8, 4) is 5.75 Å². The van der Waals surface area contributed by atoms with E-state index in [0.717, 1.165) is 18.8 Å². The van der Waals surface area contributed by atoms with Crippen LogP contribution in [0, 0.1) is 5.92 Å². The molecule has 1 aliphatic rings. The summed E-state index contributed by atoms with van der Waals surface area (Å²) in [6.07, 6.45) is 6.35. The smallest absolute Gasteiger partial charge is 0.119 e. The first-order valence-corrected chi connectivity index (χ1v) is 8.70. The molecule has 1 heterocycles. The second-order valence-corrected chi connectivity index (χ2v) is 6.30. The van der Waals surface area contributed by atoms with E-state index in [0.29, 0.717) is 24.5 Å². The molecule has 22 heavy (non-hydrogen) atoms. The monoisotopic (exact) mass is 305 g/mol. The minimum Gasteiger partial charge on any atom is -0.494 e. The largest absolute Gasteiger partial charge is 0.494 e. The van der Waals surface area contributed by atoms with Crippen LogP contribution in [-0.4, -0.2) is 19.2 Å². The first-order valence-electron chi connectivity index (χ1n) is 8.70. The van der Waals surface area contributed by atoms with Crippen molar-refractivity contribution in [1.82, 2.24) is 10.9 Å². The van der Waals surface area contributed by atoms with Crippen molar-refractivity contribution in [2.24, 2.45) is 11.7 Å². The van der Waals surface area contributed by atoms with Gasteiger partial charge in [-0.3, -0.25) is 5.43 Å². The number of hydrogen-bond acceptors (Lipinski definition) is 4. The van der Waals surface area contributed by atoms with Gasteiger partial charge in [0.05, 0.1) is 12.6 Å². The lowest BCUT2D eigenvalue weighted by Gasteiger charge is -2.18. The summed E-state index contributed by atoms with van der Waals surface area (Å²) in [5, 5.41) is 0. The zero-order valence-corrected chi connectivity index (χ0v) is 14.0. The highest BCUT2D eigenvalue weighted by Gasteiger charge is 2.32. The van der Waals surface area contributed by atoms with Gasteiger partial charge in [0.15, 0.2) is 0 Å². The Morgan fingerprint density at radius 3 is 2.41 bits per heavy atom. The minimum atomic E-state index is 0.316. The molecule has 3 atom stereocenters. The highest BCUT2D eigenvalue weighted by Crippen LogP contribution is 2.29. The molecule has 1 fully saturated rings. The van der Waals surface area contributed by atoms with Crippen molar-refractivity contribution in [1.29, 1.82) is 0 Å². The van der Waals surface area contributed by atoms with Crippen molar-refractivity contribution in [2.45, 2.75) is 58.0 Å². The zero-order chi connectivity index (χ0) is 15.8. The van der Waals surface area contributed by atoms with Crippen molar-refractivity contribution < 1.29 is 4.74 Å². The van der Waals surface area contributed by atoms with Crippen LogP contribution in [0.25, 0.3) is 0 Å². The van der Waals surface area contributed by atoms with Gasteiger partial charge < -0.3 is 10.5 Å². The quantitative estimate of drug-likeness (QED) is 0.613. The second-order valence-electron chi connectivity index (χ2n) is 6.30. The van der Waals surface area contributed by atoms with Crippen LogP contribution in [-0.2, 0) is 0 Å². The van der Waals surface area contributed by atoms with Crippen LogP contribution in [0.5, 0.6) is 5.75 Å². The topological polar surface area (TPSA) is 59.3 Å². The lowest BCUT2D eigenvalue weighted by atomic mass is 9.91. The van der Waals surface area contributed by atoms with Crippen molar-refractivity contribution in [3.63, 3.8) is 0 Å². The molecule has 124 valence electrons. The van der Waals surface area contributed by atoms with Gasteiger partial charge in [0.25, 0.3) is 0 Å². The third-order valence-electron chi connectivity index (χ3n) is 4.59. The lowest BCUT2D eigenvalue weighted by Crippen LogP contribution is -2.37. The Kier molecular flexibility index (Phi) is 7.16. The van der Waals surface area contributed by atoms with Crippen molar-refractivity contribution in [3.05, 3.63) is 29.8 Å². The standard InChI is InChI=1S/C18H31N3O/c1-3-4-5-6-7-12-22-16-10-8-15(9-11-16)18-14(2)17(13-19)20-21-18/h8-11,14,17-18,20-21H,3-7,12-13,19H2,1-2H3. The molecule has 2 rings (SSSR count). The molecule has 1 saturated heterocycles. The Morgan fingerprint density at radius 2 is 1.77 bits per heavy atom. The predicted molar refractivity (Wildman–Crippen MR) is 91.7 cm³/mol. The Morgan fingerprint density at radius 1 is 1.05 bits per heavy atom. The maximum Gasteiger partial charge on any atom is 0.119 e. The number of ether oxygens (including phenoxy) is 1. The molecule has 0 aromatic heterocycles. The molecule has 0 radical (unpaired) electrons. The van der Waals surface area contributed by atoms with E-state index in [1.54, 1.807) is 0 Å². The highest BCUT2D eigenvalue weighted by atomic mass is 16.5. The van der Waals surface area contributed by atoms with Gasteiger partial charge in [0.1, 0.15) is 5.75 Å². The van der Waals surface area contributed by atoms with Crippen LogP contribution in [0.3, 0.4) is 0 Å². The van der Waals surface area contributed by atoms with Crippen LogP contribution in [0.4, 0.5) is 0 Å². The summed E-state index contributed by atoms with van der Waals surface area (Å²) in [4.78, 5) is 0. The Bertz CT molecular complexity index is 421. The first-order chi connectivity index (χ1) is 10.8. The average Bonchev–Trinajstić information content (AvgIpc) is 2.92. The van der Waals surface area contributed by atoms with Gasteiger partial charge in [0, 0.05) is 12.6 Å². The van der Waals surface area contributed by atoms with Gasteiger partial charge in [-0.25, -0.2) is 5.43 Å². The molecule has 4 heteroatoms. The van der Waals surface area contributed by atoms with Gasteiger partial charge in [-0.2, -0.15) is 0 Å². The van der Waals surface area contributed by atoms with Crippen LogP contribution in [0.2, 0.25) is 0 Å². The summed E-state index contributed by atoms with van der Waals surface area (Å²) in [5.41, 5.74) is 13.7. The zero-order valence-electron chi connectivity index (χ0n) is 14.0. The SMILES string of the molecule is CCCCCCCOc1ccc(C2NNC(CN)C2C)cc1. The maximum atomic E-state index is 5.82. The van der Waals surface area contributed by atoms with Gasteiger partial charge >= 0.3 is 0 Å². The third kappa shape index (κ3) is 4.70. The highest BCUT2D eigenvalue weighted by molar-refractivity contribution is 5.30. The number of unbranched alkanes of at least 4 members (excludes halogenated alkanes) is 4. The molecular weight excluding hydrogens is 274 g/mol. The van der Waals surface area contributed by atoms with Crippen LogP contribution in [0.1, 0.15) is 57.6 Å². The minimum absolute atomic E-state index is 0.316.